The molecule has 5 nitrogen and oxygen atoms in total. The van der Waals surface area contributed by atoms with Crippen molar-refractivity contribution >= 4 is 17.6 Å². The Morgan fingerprint density at radius 1 is 1.44 bits per heavy atom. The number of carbonyl (C=O) groups excluding carboxylic acids is 1. The Balaban J connectivity index is 3.01. The number of anilines is 1. The highest BCUT2D eigenvalue weighted by Gasteiger charge is 2.12. The van der Waals surface area contributed by atoms with Crippen molar-refractivity contribution in [2.45, 2.75) is 13.3 Å². The summed E-state index contributed by atoms with van der Waals surface area (Å²) in [6, 6.07) is 3.60. The Kier molecular flexibility index (Phi) is 4.59. The molecular weight excluding hydrogens is 248 g/mol. The lowest BCUT2D eigenvalue weighted by molar-refractivity contribution is -0.114. The van der Waals surface area contributed by atoms with Gasteiger partial charge in [-0.2, -0.15) is 0 Å². The molecule has 18 heavy (non-hydrogen) atoms. The summed E-state index contributed by atoms with van der Waals surface area (Å²) in [6.07, 6.45) is -2.69. The van der Waals surface area contributed by atoms with Gasteiger partial charge in [0.1, 0.15) is 12.4 Å². The minimum Gasteiger partial charge on any atom is -0.485 e. The lowest BCUT2D eigenvalue weighted by Gasteiger charge is -2.12. The van der Waals surface area contributed by atoms with Crippen LogP contribution in [0.25, 0.3) is 0 Å². The van der Waals surface area contributed by atoms with Gasteiger partial charge >= 0.3 is 5.97 Å². The van der Waals surface area contributed by atoms with E-state index in [-0.39, 0.29) is 17.0 Å². The molecule has 0 aliphatic carbocycles. The fraction of sp³-hybridized carbons (Fsp3) is 0.273. The van der Waals surface area contributed by atoms with E-state index in [9.17, 15) is 18.4 Å². The molecule has 0 atom stereocenters. The largest absolute Gasteiger partial charge is 0.485 e. The van der Waals surface area contributed by atoms with Crippen LogP contribution in [0, 0.1) is 0 Å². The summed E-state index contributed by atoms with van der Waals surface area (Å²) < 4.78 is 28.9. The van der Waals surface area contributed by atoms with Crippen LogP contribution in [0.1, 0.15) is 17.3 Å². The third kappa shape index (κ3) is 4.00. The van der Waals surface area contributed by atoms with E-state index in [4.69, 9.17) is 9.84 Å². The average molecular weight is 259 g/mol. The van der Waals surface area contributed by atoms with Gasteiger partial charge in [-0.05, 0) is 18.2 Å². The van der Waals surface area contributed by atoms with Crippen molar-refractivity contribution in [3.05, 3.63) is 23.8 Å². The van der Waals surface area contributed by atoms with Crippen LogP contribution >= 0.6 is 0 Å². The predicted molar refractivity (Wildman–Crippen MR) is 59.2 cm³/mol. The topological polar surface area (TPSA) is 75.6 Å². The quantitative estimate of drug-likeness (QED) is 0.847. The smallest absolute Gasteiger partial charge is 0.335 e. The minimum absolute atomic E-state index is 0.106. The first-order valence-corrected chi connectivity index (χ1v) is 4.96. The van der Waals surface area contributed by atoms with Gasteiger partial charge in [-0.1, -0.05) is 0 Å². The molecule has 0 saturated heterocycles. The summed E-state index contributed by atoms with van der Waals surface area (Å²) in [4.78, 5) is 21.6. The number of nitrogens with one attached hydrogen (secondary N) is 1. The fourth-order valence-electron chi connectivity index (χ4n) is 1.22. The molecular formula is C11H11F2NO4. The number of carbonyl (C=O) groups is 2. The molecule has 0 fully saturated rings. The third-order valence-electron chi connectivity index (χ3n) is 1.90. The summed E-state index contributed by atoms with van der Waals surface area (Å²) in [5, 5.41) is 11.1. The average Bonchev–Trinajstić information content (AvgIpc) is 2.26. The van der Waals surface area contributed by atoms with E-state index in [1.165, 1.54) is 19.1 Å². The summed E-state index contributed by atoms with van der Waals surface area (Å²) in [6.45, 7) is 0.359. The van der Waals surface area contributed by atoms with Crippen LogP contribution in [0.5, 0.6) is 5.75 Å². The Morgan fingerprint density at radius 3 is 2.61 bits per heavy atom. The molecule has 2 N–H and O–H groups in total. The second-order valence-corrected chi connectivity index (χ2v) is 3.40. The molecule has 0 saturated carbocycles. The minimum atomic E-state index is -2.69. The van der Waals surface area contributed by atoms with E-state index in [2.05, 4.69) is 5.32 Å². The highest BCUT2D eigenvalue weighted by atomic mass is 19.3. The van der Waals surface area contributed by atoms with Crippen LogP contribution in [-0.2, 0) is 4.79 Å². The van der Waals surface area contributed by atoms with Crippen molar-refractivity contribution < 1.29 is 28.2 Å². The van der Waals surface area contributed by atoms with E-state index in [1.54, 1.807) is 0 Å². The number of carboxylic acids is 1. The maximum atomic E-state index is 12.0. The molecule has 0 unspecified atom stereocenters. The zero-order valence-electron chi connectivity index (χ0n) is 9.44. The Hall–Kier alpha value is -2.18. The highest BCUT2D eigenvalue weighted by molar-refractivity contribution is 5.93. The first-order valence-electron chi connectivity index (χ1n) is 4.96. The van der Waals surface area contributed by atoms with Crippen LogP contribution in [0.2, 0.25) is 0 Å². The van der Waals surface area contributed by atoms with Gasteiger partial charge in [0.15, 0.2) is 0 Å². The number of alkyl halides is 2. The summed E-state index contributed by atoms with van der Waals surface area (Å²) in [7, 11) is 0. The molecule has 0 bridgehead atoms. The molecule has 0 heterocycles. The number of ether oxygens (including phenoxy) is 1. The Bertz CT molecular complexity index is 462. The fourth-order valence-corrected chi connectivity index (χ4v) is 1.22. The van der Waals surface area contributed by atoms with E-state index >= 15 is 0 Å². The van der Waals surface area contributed by atoms with E-state index in [0.29, 0.717) is 0 Å². The van der Waals surface area contributed by atoms with Crippen molar-refractivity contribution in [2.75, 3.05) is 11.9 Å². The van der Waals surface area contributed by atoms with E-state index in [1.807, 2.05) is 0 Å². The maximum Gasteiger partial charge on any atom is 0.335 e. The number of hydrogen-bond acceptors (Lipinski definition) is 3. The number of benzene rings is 1. The van der Waals surface area contributed by atoms with Gasteiger partial charge in [0.25, 0.3) is 6.43 Å². The molecule has 98 valence electrons. The number of rotatable bonds is 5. The van der Waals surface area contributed by atoms with Crippen molar-refractivity contribution in [3.8, 4) is 5.75 Å². The molecule has 0 radical (unpaired) electrons. The molecule has 0 aromatic heterocycles. The summed E-state index contributed by atoms with van der Waals surface area (Å²) in [5.74, 6) is -1.74. The maximum absolute atomic E-state index is 12.0. The van der Waals surface area contributed by atoms with Gasteiger partial charge < -0.3 is 15.2 Å². The van der Waals surface area contributed by atoms with Crippen molar-refractivity contribution in [3.63, 3.8) is 0 Å². The standard InChI is InChI=1S/C11H11F2NO4/c1-6(15)14-8-3-2-7(11(16)17)4-9(8)18-5-10(12)13/h2-4,10H,5H2,1H3,(H,14,15)(H,16,17). The number of hydrogen-bond donors (Lipinski definition) is 2. The van der Waals surface area contributed by atoms with Gasteiger partial charge in [0.2, 0.25) is 5.91 Å². The summed E-state index contributed by atoms with van der Waals surface area (Å²) in [5.41, 5.74) is 0.0292. The number of aromatic carboxylic acids is 1. The zero-order chi connectivity index (χ0) is 13.7. The van der Waals surface area contributed by atoms with Crippen LogP contribution in [0.4, 0.5) is 14.5 Å². The third-order valence-corrected chi connectivity index (χ3v) is 1.90. The molecule has 7 heteroatoms. The van der Waals surface area contributed by atoms with Gasteiger partial charge in [-0.3, -0.25) is 4.79 Å². The lowest BCUT2D eigenvalue weighted by atomic mass is 10.2. The zero-order valence-corrected chi connectivity index (χ0v) is 9.44. The molecule has 0 aliphatic heterocycles. The molecule has 1 aromatic rings. The molecule has 1 rings (SSSR count). The van der Waals surface area contributed by atoms with Crippen molar-refractivity contribution in [1.82, 2.24) is 0 Å². The van der Waals surface area contributed by atoms with Crippen LogP contribution in [0.3, 0.4) is 0 Å². The van der Waals surface area contributed by atoms with Crippen molar-refractivity contribution in [1.29, 1.82) is 0 Å². The monoisotopic (exact) mass is 259 g/mol. The number of carboxylic acid groups (broad SMARTS) is 1. The van der Waals surface area contributed by atoms with Gasteiger partial charge in [0, 0.05) is 6.92 Å². The number of halogens is 2. The van der Waals surface area contributed by atoms with Gasteiger partial charge in [0.05, 0.1) is 11.3 Å². The lowest BCUT2D eigenvalue weighted by Crippen LogP contribution is -2.12. The molecule has 1 aromatic carbocycles. The van der Waals surface area contributed by atoms with Gasteiger partial charge in [-0.15, -0.1) is 0 Å². The molecule has 1 amide bonds. The number of amides is 1. The van der Waals surface area contributed by atoms with Crippen LogP contribution in [0.15, 0.2) is 18.2 Å². The summed E-state index contributed by atoms with van der Waals surface area (Å²) >= 11 is 0. The first kappa shape index (κ1) is 13.9. The first-order chi connectivity index (χ1) is 8.40. The SMILES string of the molecule is CC(=O)Nc1ccc(C(=O)O)cc1OCC(F)F. The van der Waals surface area contributed by atoms with E-state index < -0.39 is 24.9 Å². The van der Waals surface area contributed by atoms with Crippen LogP contribution in [-0.4, -0.2) is 30.0 Å². The van der Waals surface area contributed by atoms with E-state index in [0.717, 1.165) is 6.07 Å². The second-order valence-electron chi connectivity index (χ2n) is 3.40. The normalized spacial score (nSPS) is 10.2. The predicted octanol–water partition coefficient (Wildman–Crippen LogP) is 1.99. The molecule has 0 aliphatic rings. The molecule has 0 spiro atoms. The second kappa shape index (κ2) is 5.95. The Labute approximate surface area is 101 Å². The van der Waals surface area contributed by atoms with Gasteiger partial charge in [-0.25, -0.2) is 13.6 Å². The van der Waals surface area contributed by atoms with Crippen LogP contribution < -0.4 is 10.1 Å². The van der Waals surface area contributed by atoms with Crippen molar-refractivity contribution in [2.24, 2.45) is 0 Å². The Morgan fingerprint density at radius 2 is 2.11 bits per heavy atom. The highest BCUT2D eigenvalue weighted by Crippen LogP contribution is 2.26.